The molecule has 0 spiro atoms. The first-order chi connectivity index (χ1) is 9.54. The molecule has 1 atom stereocenters. The Morgan fingerprint density at radius 3 is 2.95 bits per heavy atom. The molecule has 20 heavy (non-hydrogen) atoms. The maximum Gasteiger partial charge on any atom is 0.224 e. The Kier molecular flexibility index (Phi) is 4.89. The molecule has 6 heteroatoms. The first-order valence-electron chi connectivity index (χ1n) is 6.41. The lowest BCUT2D eigenvalue weighted by molar-refractivity contribution is -0.121. The molecule has 1 amide bonds. The van der Waals surface area contributed by atoms with Gasteiger partial charge in [0.05, 0.1) is 13.0 Å². The Morgan fingerprint density at radius 2 is 2.30 bits per heavy atom. The summed E-state index contributed by atoms with van der Waals surface area (Å²) in [5.74, 6) is 0.0167. The highest BCUT2D eigenvalue weighted by Crippen LogP contribution is 2.16. The molecule has 0 saturated carbocycles. The second-order valence-corrected chi connectivity index (χ2v) is 5.75. The Hall–Kier alpha value is -1.69. The molecular formula is C14H17BrN4O. The van der Waals surface area contributed by atoms with Gasteiger partial charge in [-0.2, -0.15) is 5.10 Å². The monoisotopic (exact) mass is 336 g/mol. The average molecular weight is 337 g/mol. The van der Waals surface area contributed by atoms with Crippen LogP contribution in [-0.4, -0.2) is 26.7 Å². The van der Waals surface area contributed by atoms with E-state index in [1.807, 2.05) is 32.0 Å². The zero-order valence-corrected chi connectivity index (χ0v) is 13.1. The number of hydrogen-bond acceptors (Lipinski definition) is 3. The zero-order valence-electron chi connectivity index (χ0n) is 11.5. The van der Waals surface area contributed by atoms with Crippen LogP contribution in [0.3, 0.4) is 0 Å². The molecule has 1 unspecified atom stereocenters. The molecule has 5 nitrogen and oxygen atoms in total. The van der Waals surface area contributed by atoms with E-state index in [0.717, 1.165) is 15.6 Å². The van der Waals surface area contributed by atoms with Gasteiger partial charge >= 0.3 is 0 Å². The van der Waals surface area contributed by atoms with Gasteiger partial charge in [-0.1, -0.05) is 22.0 Å². The molecular weight excluding hydrogens is 320 g/mol. The fourth-order valence-corrected chi connectivity index (χ4v) is 2.49. The smallest absolute Gasteiger partial charge is 0.224 e. The first kappa shape index (κ1) is 14.7. The van der Waals surface area contributed by atoms with E-state index in [4.69, 9.17) is 0 Å². The van der Waals surface area contributed by atoms with Gasteiger partial charge in [0.1, 0.15) is 12.7 Å². The van der Waals surface area contributed by atoms with Crippen LogP contribution in [-0.2, 0) is 17.8 Å². The van der Waals surface area contributed by atoms with Crippen molar-refractivity contribution < 1.29 is 4.79 Å². The van der Waals surface area contributed by atoms with Crippen molar-refractivity contribution in [3.63, 3.8) is 0 Å². The van der Waals surface area contributed by atoms with Crippen molar-refractivity contribution in [3.05, 3.63) is 46.5 Å². The first-order valence-corrected chi connectivity index (χ1v) is 7.20. The van der Waals surface area contributed by atoms with Gasteiger partial charge in [-0.05, 0) is 37.1 Å². The van der Waals surface area contributed by atoms with Crippen LogP contribution in [0.2, 0.25) is 0 Å². The molecule has 0 bridgehead atoms. The average Bonchev–Trinajstić information content (AvgIpc) is 2.85. The number of carbonyl (C=O) groups is 1. The topological polar surface area (TPSA) is 59.8 Å². The fraction of sp³-hybridized carbons (Fsp3) is 0.357. The van der Waals surface area contributed by atoms with Crippen molar-refractivity contribution in [1.29, 1.82) is 0 Å². The van der Waals surface area contributed by atoms with Crippen LogP contribution in [0.25, 0.3) is 0 Å². The van der Waals surface area contributed by atoms with Gasteiger partial charge in [0, 0.05) is 10.5 Å². The Labute approximate surface area is 126 Å². The summed E-state index contributed by atoms with van der Waals surface area (Å²) in [5.41, 5.74) is 2.15. The fourth-order valence-electron chi connectivity index (χ4n) is 2.01. The molecule has 2 aromatic rings. The molecule has 0 radical (unpaired) electrons. The van der Waals surface area contributed by atoms with E-state index in [9.17, 15) is 4.79 Å². The number of nitrogens with one attached hydrogen (secondary N) is 1. The van der Waals surface area contributed by atoms with Crippen LogP contribution in [0.4, 0.5) is 0 Å². The minimum atomic E-state index is 0.0138. The van der Waals surface area contributed by atoms with Gasteiger partial charge in [-0.3, -0.25) is 9.48 Å². The Morgan fingerprint density at radius 1 is 1.50 bits per heavy atom. The highest BCUT2D eigenvalue weighted by atomic mass is 79.9. The van der Waals surface area contributed by atoms with E-state index in [-0.39, 0.29) is 11.9 Å². The van der Waals surface area contributed by atoms with E-state index in [0.29, 0.717) is 13.0 Å². The lowest BCUT2D eigenvalue weighted by Gasteiger charge is -2.14. The molecule has 1 aromatic carbocycles. The predicted octanol–water partition coefficient (Wildman–Crippen LogP) is 2.10. The van der Waals surface area contributed by atoms with Crippen LogP contribution < -0.4 is 5.32 Å². The second kappa shape index (κ2) is 6.65. The van der Waals surface area contributed by atoms with Crippen LogP contribution in [0, 0.1) is 6.92 Å². The van der Waals surface area contributed by atoms with E-state index < -0.39 is 0 Å². The summed E-state index contributed by atoms with van der Waals surface area (Å²) >= 11 is 3.42. The Balaban J connectivity index is 1.88. The lowest BCUT2D eigenvalue weighted by atomic mass is 10.1. The third-order valence-corrected chi connectivity index (χ3v) is 3.48. The maximum absolute atomic E-state index is 12.0. The molecule has 1 N–H and O–H groups in total. The van der Waals surface area contributed by atoms with E-state index in [2.05, 4.69) is 31.3 Å². The van der Waals surface area contributed by atoms with Crippen molar-refractivity contribution in [3.8, 4) is 0 Å². The third-order valence-electron chi connectivity index (χ3n) is 2.99. The van der Waals surface area contributed by atoms with Crippen molar-refractivity contribution in [2.75, 3.05) is 0 Å². The molecule has 0 aliphatic rings. The van der Waals surface area contributed by atoms with Gasteiger partial charge in [0.2, 0.25) is 5.91 Å². The Bertz CT molecular complexity index is 583. The SMILES string of the molecule is Cc1cc(Br)ccc1CC(=O)NC(C)Cn1cncn1. The predicted molar refractivity (Wildman–Crippen MR) is 80.2 cm³/mol. The largest absolute Gasteiger partial charge is 0.351 e. The number of aromatic nitrogens is 3. The zero-order chi connectivity index (χ0) is 14.5. The van der Waals surface area contributed by atoms with Gasteiger partial charge in [-0.25, -0.2) is 4.98 Å². The molecule has 106 valence electrons. The number of amides is 1. The van der Waals surface area contributed by atoms with Gasteiger partial charge in [0.15, 0.2) is 0 Å². The van der Waals surface area contributed by atoms with Crippen LogP contribution in [0.1, 0.15) is 18.1 Å². The van der Waals surface area contributed by atoms with Crippen LogP contribution in [0.5, 0.6) is 0 Å². The maximum atomic E-state index is 12.0. The minimum Gasteiger partial charge on any atom is -0.351 e. The summed E-state index contributed by atoms with van der Waals surface area (Å²) < 4.78 is 2.73. The molecule has 1 heterocycles. The number of carbonyl (C=O) groups excluding carboxylic acids is 1. The molecule has 1 aromatic heterocycles. The molecule has 0 aliphatic carbocycles. The van der Waals surface area contributed by atoms with Crippen LogP contribution in [0.15, 0.2) is 35.3 Å². The van der Waals surface area contributed by atoms with Gasteiger partial charge < -0.3 is 5.32 Å². The lowest BCUT2D eigenvalue weighted by Crippen LogP contribution is -2.36. The van der Waals surface area contributed by atoms with E-state index >= 15 is 0 Å². The van der Waals surface area contributed by atoms with E-state index in [1.165, 1.54) is 6.33 Å². The highest BCUT2D eigenvalue weighted by Gasteiger charge is 2.10. The van der Waals surface area contributed by atoms with Gasteiger partial charge in [0.25, 0.3) is 0 Å². The minimum absolute atomic E-state index is 0.0138. The van der Waals surface area contributed by atoms with Crippen molar-refractivity contribution in [2.45, 2.75) is 32.9 Å². The van der Waals surface area contributed by atoms with E-state index in [1.54, 1.807) is 11.0 Å². The summed E-state index contributed by atoms with van der Waals surface area (Å²) in [6, 6.07) is 5.96. The number of nitrogens with zero attached hydrogens (tertiary/aromatic N) is 3. The number of halogens is 1. The number of benzene rings is 1. The quantitative estimate of drug-likeness (QED) is 0.909. The summed E-state index contributed by atoms with van der Waals surface area (Å²) in [7, 11) is 0. The number of hydrogen-bond donors (Lipinski definition) is 1. The standard InChI is InChI=1S/C14H17BrN4O/c1-10-5-13(15)4-3-12(10)6-14(20)18-11(2)7-19-9-16-8-17-19/h3-5,8-9,11H,6-7H2,1-2H3,(H,18,20). The van der Waals surface area contributed by atoms with Crippen molar-refractivity contribution >= 4 is 21.8 Å². The molecule has 2 rings (SSSR count). The number of aryl methyl sites for hydroxylation is 1. The van der Waals surface area contributed by atoms with Crippen molar-refractivity contribution in [1.82, 2.24) is 20.1 Å². The number of rotatable bonds is 5. The van der Waals surface area contributed by atoms with Gasteiger partial charge in [-0.15, -0.1) is 0 Å². The molecule has 0 aliphatic heterocycles. The molecule has 0 fully saturated rings. The highest BCUT2D eigenvalue weighted by molar-refractivity contribution is 9.10. The summed E-state index contributed by atoms with van der Waals surface area (Å²) in [6.07, 6.45) is 3.52. The second-order valence-electron chi connectivity index (χ2n) is 4.83. The normalized spacial score (nSPS) is 12.2. The summed E-state index contributed by atoms with van der Waals surface area (Å²) in [4.78, 5) is 15.9. The molecule has 0 saturated heterocycles. The van der Waals surface area contributed by atoms with Crippen molar-refractivity contribution in [2.24, 2.45) is 0 Å². The summed E-state index contributed by atoms with van der Waals surface area (Å²) in [6.45, 7) is 4.57. The van der Waals surface area contributed by atoms with Crippen LogP contribution >= 0.6 is 15.9 Å². The summed E-state index contributed by atoms with van der Waals surface area (Å²) in [5, 5.41) is 6.99. The third kappa shape index (κ3) is 4.16.